The molecular weight excluding hydrogens is 666 g/mol. The molecule has 0 saturated carbocycles. The third kappa shape index (κ3) is 12.3. The van der Waals surface area contributed by atoms with Crippen molar-refractivity contribution in [3.05, 3.63) is 16.1 Å². The van der Waals surface area contributed by atoms with Gasteiger partial charge in [-0.2, -0.15) is 0 Å². The van der Waals surface area contributed by atoms with E-state index in [1.807, 2.05) is 53.5 Å². The number of thiazole rings is 1. The monoisotopic (exact) mass is 723 g/mol. The Labute approximate surface area is 300 Å². The first-order chi connectivity index (χ1) is 23.5. The lowest BCUT2D eigenvalue weighted by atomic mass is 9.92. The molecule has 15 heteroatoms. The van der Waals surface area contributed by atoms with Gasteiger partial charge in [-0.1, -0.05) is 61.3 Å². The number of piperidine rings is 1. The molecule has 0 aliphatic carbocycles. The Morgan fingerprint density at radius 1 is 1.10 bits per heavy atom. The highest BCUT2D eigenvalue weighted by molar-refractivity contribution is 7.09. The third-order valence-corrected chi connectivity index (χ3v) is 9.88. The summed E-state index contributed by atoms with van der Waals surface area (Å²) in [5.41, 5.74) is -0.109. The van der Waals surface area contributed by atoms with E-state index in [4.69, 9.17) is 9.47 Å². The van der Waals surface area contributed by atoms with Crippen molar-refractivity contribution in [2.75, 3.05) is 26.9 Å². The van der Waals surface area contributed by atoms with Gasteiger partial charge in [0, 0.05) is 37.7 Å². The number of nitrogens with zero attached hydrogens (tertiary/aromatic N) is 4. The molecule has 50 heavy (non-hydrogen) atoms. The van der Waals surface area contributed by atoms with Crippen molar-refractivity contribution < 1.29 is 43.3 Å². The molecule has 2 rings (SSSR count). The number of amides is 4. The second-order valence-corrected chi connectivity index (χ2v) is 14.8. The van der Waals surface area contributed by atoms with E-state index in [1.165, 1.54) is 17.2 Å². The summed E-state index contributed by atoms with van der Waals surface area (Å²) in [6.07, 6.45) is 1.33. The number of likely N-dealkylation sites (N-methyl/N-ethyl adjacent to an activating group) is 1. The van der Waals surface area contributed by atoms with E-state index in [2.05, 4.69) is 10.3 Å². The molecule has 2 heterocycles. The van der Waals surface area contributed by atoms with E-state index in [-0.39, 0.29) is 59.8 Å². The van der Waals surface area contributed by atoms with Gasteiger partial charge in [0.2, 0.25) is 11.8 Å². The number of nitrogens with one attached hydrogen (secondary N) is 1. The fraction of sp³-hybridized carbons (Fsp3) is 0.743. The fourth-order valence-corrected chi connectivity index (χ4v) is 6.77. The first kappa shape index (κ1) is 42.6. The van der Waals surface area contributed by atoms with Crippen LogP contribution in [0.4, 0.5) is 4.79 Å². The lowest BCUT2D eigenvalue weighted by molar-refractivity contribution is -0.160. The summed E-state index contributed by atoms with van der Waals surface area (Å²) in [5, 5.41) is 14.2. The van der Waals surface area contributed by atoms with Gasteiger partial charge in [0.05, 0.1) is 6.04 Å². The van der Waals surface area contributed by atoms with Crippen molar-refractivity contribution in [1.29, 1.82) is 0 Å². The molecule has 1 fully saturated rings. The summed E-state index contributed by atoms with van der Waals surface area (Å²) in [6, 6.07) is -1.98. The van der Waals surface area contributed by atoms with E-state index in [9.17, 15) is 33.9 Å². The van der Waals surface area contributed by atoms with Crippen LogP contribution in [0.2, 0.25) is 0 Å². The minimum Gasteiger partial charge on any atom is -0.465 e. The van der Waals surface area contributed by atoms with Crippen LogP contribution in [0.1, 0.15) is 122 Å². The highest BCUT2D eigenvalue weighted by Crippen LogP contribution is 2.32. The zero-order valence-corrected chi connectivity index (χ0v) is 31.9. The number of carbonyl (C=O) groups excluding carboxylic acids is 5. The standard InChI is InChI=1S/C35H57N5O9S/c1-10-15-39(35(46)47)33(44)25-19-50-32(36-25)28(49-24(8)41)18-27(22(5)6)40(20-48-29(42)17-21(3)4)34(45)30(23(7)11-2)37-31(43)26-14-12-13-16-38(26)9/h19,21-23,26-28,30H,10-18,20H2,1-9H3,(H,37,43)(H,46,47). The topological polar surface area (TPSA) is 176 Å². The number of hydrogen-bond acceptors (Lipinski definition) is 11. The summed E-state index contributed by atoms with van der Waals surface area (Å²) in [6.45, 7) is 14.7. The van der Waals surface area contributed by atoms with Crippen molar-refractivity contribution >= 4 is 47.1 Å². The second-order valence-electron chi connectivity index (χ2n) is 13.9. The molecule has 1 saturated heterocycles. The average molecular weight is 724 g/mol. The molecule has 0 radical (unpaired) electrons. The number of esters is 2. The highest BCUT2D eigenvalue weighted by atomic mass is 32.1. The molecular formula is C35H57N5O9S. The number of imide groups is 1. The number of ether oxygens (including phenoxy) is 2. The average Bonchev–Trinajstić information content (AvgIpc) is 3.54. The van der Waals surface area contributed by atoms with Gasteiger partial charge in [-0.05, 0) is 50.6 Å². The second kappa shape index (κ2) is 20.3. The minimum absolute atomic E-state index is 0.0126. The third-order valence-electron chi connectivity index (χ3n) is 8.95. The van der Waals surface area contributed by atoms with E-state index in [0.29, 0.717) is 24.2 Å². The summed E-state index contributed by atoms with van der Waals surface area (Å²) >= 11 is 1.03. The van der Waals surface area contributed by atoms with Crippen molar-refractivity contribution in [1.82, 2.24) is 25.0 Å². The molecule has 5 unspecified atom stereocenters. The van der Waals surface area contributed by atoms with Gasteiger partial charge >= 0.3 is 18.0 Å². The normalized spacial score (nSPS) is 17.4. The molecule has 1 aliphatic heterocycles. The number of aromatic nitrogens is 1. The highest BCUT2D eigenvalue weighted by Gasteiger charge is 2.39. The van der Waals surface area contributed by atoms with E-state index in [0.717, 1.165) is 30.7 Å². The van der Waals surface area contributed by atoms with E-state index < -0.39 is 54.8 Å². The Balaban J connectivity index is 2.54. The van der Waals surface area contributed by atoms with Crippen LogP contribution in [0.25, 0.3) is 0 Å². The van der Waals surface area contributed by atoms with Crippen LogP contribution in [-0.2, 0) is 28.7 Å². The predicted octanol–water partition coefficient (Wildman–Crippen LogP) is 5.08. The van der Waals surface area contributed by atoms with Crippen LogP contribution >= 0.6 is 11.3 Å². The fourth-order valence-electron chi connectivity index (χ4n) is 5.93. The summed E-state index contributed by atoms with van der Waals surface area (Å²) in [4.78, 5) is 86.6. The largest absolute Gasteiger partial charge is 0.465 e. The first-order valence-corrected chi connectivity index (χ1v) is 18.5. The van der Waals surface area contributed by atoms with Crippen LogP contribution in [0, 0.1) is 17.8 Å². The Hall–Kier alpha value is -3.59. The Kier molecular flexibility index (Phi) is 17.3. The maximum atomic E-state index is 14.6. The summed E-state index contributed by atoms with van der Waals surface area (Å²) < 4.78 is 11.4. The lowest BCUT2D eigenvalue weighted by Crippen LogP contribution is -2.59. The zero-order valence-electron chi connectivity index (χ0n) is 31.1. The van der Waals surface area contributed by atoms with Gasteiger partial charge in [-0.15, -0.1) is 11.3 Å². The van der Waals surface area contributed by atoms with Crippen molar-refractivity contribution in [3.63, 3.8) is 0 Å². The minimum atomic E-state index is -1.40. The lowest BCUT2D eigenvalue weighted by Gasteiger charge is -2.39. The van der Waals surface area contributed by atoms with E-state index >= 15 is 0 Å². The van der Waals surface area contributed by atoms with Gasteiger partial charge in [0.15, 0.2) is 12.8 Å². The molecule has 4 amide bonds. The summed E-state index contributed by atoms with van der Waals surface area (Å²) in [7, 11) is 1.90. The maximum Gasteiger partial charge on any atom is 0.414 e. The molecule has 1 aromatic heterocycles. The van der Waals surface area contributed by atoms with Gasteiger partial charge in [0.25, 0.3) is 5.91 Å². The summed E-state index contributed by atoms with van der Waals surface area (Å²) in [5.74, 6) is -3.07. The van der Waals surface area contributed by atoms with E-state index in [1.54, 1.807) is 6.92 Å². The van der Waals surface area contributed by atoms with Gasteiger partial charge in [-0.25, -0.2) is 14.7 Å². The molecule has 1 aliphatic rings. The van der Waals surface area contributed by atoms with Crippen LogP contribution in [0.5, 0.6) is 0 Å². The molecule has 282 valence electrons. The smallest absolute Gasteiger partial charge is 0.414 e. The number of likely N-dealkylation sites (tertiary alicyclic amines) is 1. The SMILES string of the molecule is CCCN(C(=O)O)C(=O)c1csc(C(CC(C(C)C)N(COC(=O)CC(C)C)C(=O)C(NC(=O)C2CCCCN2C)C(C)CC)OC(C)=O)n1. The zero-order chi connectivity index (χ0) is 37.7. The van der Waals surface area contributed by atoms with Crippen molar-refractivity contribution in [2.45, 2.75) is 125 Å². The number of carbonyl (C=O) groups is 6. The quantitative estimate of drug-likeness (QED) is 0.153. The number of hydrogen-bond donors (Lipinski definition) is 2. The first-order valence-electron chi connectivity index (χ1n) is 17.7. The van der Waals surface area contributed by atoms with Crippen LogP contribution < -0.4 is 5.32 Å². The Morgan fingerprint density at radius 3 is 2.32 bits per heavy atom. The Morgan fingerprint density at radius 2 is 1.78 bits per heavy atom. The Bertz CT molecular complexity index is 1320. The predicted molar refractivity (Wildman–Crippen MR) is 188 cm³/mol. The molecule has 5 atom stereocenters. The van der Waals surface area contributed by atoms with Crippen molar-refractivity contribution in [3.8, 4) is 0 Å². The molecule has 14 nitrogen and oxygen atoms in total. The molecule has 0 aromatic carbocycles. The van der Waals surface area contributed by atoms with Crippen LogP contribution in [0.15, 0.2) is 5.38 Å². The molecule has 2 N–H and O–H groups in total. The maximum absolute atomic E-state index is 14.6. The van der Waals surface area contributed by atoms with Gasteiger partial charge in [0.1, 0.15) is 16.7 Å². The molecule has 1 aromatic rings. The van der Waals surface area contributed by atoms with Crippen molar-refractivity contribution in [2.24, 2.45) is 17.8 Å². The van der Waals surface area contributed by atoms with Gasteiger partial charge < -0.3 is 24.8 Å². The van der Waals surface area contributed by atoms with Crippen LogP contribution in [0.3, 0.4) is 0 Å². The molecule has 0 bridgehead atoms. The number of carboxylic acid groups (broad SMARTS) is 1. The van der Waals surface area contributed by atoms with Gasteiger partial charge in [-0.3, -0.25) is 28.9 Å². The molecule has 0 spiro atoms. The number of rotatable bonds is 18. The van der Waals surface area contributed by atoms with Crippen LogP contribution in [-0.4, -0.2) is 106 Å².